The zero-order chi connectivity index (χ0) is 18.8. The molecule has 0 spiro atoms. The summed E-state index contributed by atoms with van der Waals surface area (Å²) in [6.45, 7) is 0. The van der Waals surface area contributed by atoms with E-state index in [9.17, 15) is 33.2 Å². The van der Waals surface area contributed by atoms with Gasteiger partial charge in [-0.15, -0.1) is 0 Å². The van der Waals surface area contributed by atoms with Crippen LogP contribution in [0.2, 0.25) is 5.02 Å². The van der Waals surface area contributed by atoms with Gasteiger partial charge in [0.25, 0.3) is 5.69 Å². The molecule has 0 saturated heterocycles. The second-order valence-corrected chi connectivity index (χ2v) is 5.34. The monoisotopic (exact) mass is 371 g/mol. The number of aliphatic carboxylic acids is 1. The largest absolute Gasteiger partial charge is 0.478 e. The van der Waals surface area contributed by atoms with Crippen LogP contribution in [0.25, 0.3) is 11.6 Å². The van der Waals surface area contributed by atoms with Crippen LogP contribution in [0.5, 0.6) is 0 Å². The lowest BCUT2D eigenvalue weighted by Gasteiger charge is -2.09. The first kappa shape index (κ1) is 18.5. The van der Waals surface area contributed by atoms with Crippen LogP contribution in [0.15, 0.2) is 42.5 Å². The minimum absolute atomic E-state index is 0.313. The fourth-order valence-corrected chi connectivity index (χ4v) is 2.19. The van der Waals surface area contributed by atoms with Crippen LogP contribution in [0, 0.1) is 10.1 Å². The third-order valence-electron chi connectivity index (χ3n) is 3.22. The van der Waals surface area contributed by atoms with E-state index in [2.05, 4.69) is 0 Å². The molecule has 2 aromatic carbocycles. The maximum absolute atomic E-state index is 12.7. The topological polar surface area (TPSA) is 80.4 Å². The smallest absolute Gasteiger partial charge is 0.416 e. The van der Waals surface area contributed by atoms with Crippen molar-refractivity contribution in [1.29, 1.82) is 0 Å². The molecule has 0 saturated carbocycles. The number of hydrogen-bond donors (Lipinski definition) is 1. The van der Waals surface area contributed by atoms with Crippen LogP contribution < -0.4 is 0 Å². The highest BCUT2D eigenvalue weighted by molar-refractivity contribution is 6.30. The molecular weight excluding hydrogens is 363 g/mol. The lowest BCUT2D eigenvalue weighted by atomic mass is 9.99. The molecule has 0 aliphatic carbocycles. The van der Waals surface area contributed by atoms with E-state index in [1.54, 1.807) is 0 Å². The van der Waals surface area contributed by atoms with E-state index in [4.69, 9.17) is 11.6 Å². The SMILES string of the molecule is O=C(O)C(=Cc1ccc(Cl)cc1)c1ccc(C(F)(F)F)cc1[N+](=O)[O-]. The summed E-state index contributed by atoms with van der Waals surface area (Å²) >= 11 is 5.72. The molecule has 0 aromatic heterocycles. The maximum Gasteiger partial charge on any atom is 0.416 e. The molecule has 130 valence electrons. The van der Waals surface area contributed by atoms with E-state index in [0.29, 0.717) is 22.7 Å². The Balaban J connectivity index is 2.64. The number of nitro groups is 1. The number of nitro benzene ring substituents is 1. The quantitative estimate of drug-likeness (QED) is 0.359. The van der Waals surface area contributed by atoms with Crippen molar-refractivity contribution >= 4 is 34.9 Å². The number of hydrogen-bond acceptors (Lipinski definition) is 3. The Morgan fingerprint density at radius 1 is 1.16 bits per heavy atom. The molecule has 0 amide bonds. The average Bonchev–Trinajstić information content (AvgIpc) is 2.52. The van der Waals surface area contributed by atoms with Gasteiger partial charge in [-0.3, -0.25) is 10.1 Å². The van der Waals surface area contributed by atoms with Crippen LogP contribution in [-0.4, -0.2) is 16.0 Å². The average molecular weight is 372 g/mol. The predicted octanol–water partition coefficient (Wildman–Crippen LogP) is 4.89. The standard InChI is InChI=1S/C16H9ClF3NO4/c17-11-4-1-9(2-5-11)7-13(15(22)23)12-6-3-10(16(18,19)20)8-14(12)21(24)25/h1-8H,(H,22,23). The summed E-state index contributed by atoms with van der Waals surface area (Å²) < 4.78 is 38.2. The molecule has 2 aromatic rings. The van der Waals surface area contributed by atoms with Crippen LogP contribution in [0.3, 0.4) is 0 Å². The van der Waals surface area contributed by atoms with Gasteiger partial charge >= 0.3 is 12.1 Å². The van der Waals surface area contributed by atoms with Gasteiger partial charge in [-0.25, -0.2) is 4.79 Å². The van der Waals surface area contributed by atoms with Gasteiger partial charge in [-0.05, 0) is 35.9 Å². The summed E-state index contributed by atoms with van der Waals surface area (Å²) in [5.74, 6) is -1.52. The second-order valence-electron chi connectivity index (χ2n) is 4.90. The molecule has 2 rings (SSSR count). The molecule has 0 atom stereocenters. The molecule has 0 unspecified atom stereocenters. The second kappa shape index (κ2) is 6.94. The van der Waals surface area contributed by atoms with Crippen molar-refractivity contribution in [2.75, 3.05) is 0 Å². The highest BCUT2D eigenvalue weighted by atomic mass is 35.5. The number of carboxylic acid groups (broad SMARTS) is 1. The van der Waals surface area contributed by atoms with Crippen molar-refractivity contribution in [2.45, 2.75) is 6.18 Å². The fourth-order valence-electron chi connectivity index (χ4n) is 2.07. The zero-order valence-corrected chi connectivity index (χ0v) is 13.0. The first-order valence-corrected chi connectivity index (χ1v) is 7.04. The predicted molar refractivity (Wildman–Crippen MR) is 85.1 cm³/mol. The van der Waals surface area contributed by atoms with Crippen molar-refractivity contribution in [3.63, 3.8) is 0 Å². The van der Waals surface area contributed by atoms with E-state index >= 15 is 0 Å². The van der Waals surface area contributed by atoms with Gasteiger partial charge in [0.2, 0.25) is 0 Å². The summed E-state index contributed by atoms with van der Waals surface area (Å²) in [6.07, 6.45) is -3.67. The van der Waals surface area contributed by atoms with Gasteiger partial charge in [0.15, 0.2) is 0 Å². The van der Waals surface area contributed by atoms with E-state index in [0.717, 1.165) is 12.1 Å². The van der Waals surface area contributed by atoms with Gasteiger partial charge in [0.05, 0.1) is 21.6 Å². The minimum Gasteiger partial charge on any atom is -0.478 e. The normalized spacial score (nSPS) is 12.1. The Labute approximate surface area is 144 Å². The molecule has 0 radical (unpaired) electrons. The van der Waals surface area contributed by atoms with Gasteiger partial charge in [0, 0.05) is 11.1 Å². The number of carboxylic acids is 1. The third-order valence-corrected chi connectivity index (χ3v) is 3.48. The molecule has 1 N–H and O–H groups in total. The highest BCUT2D eigenvalue weighted by Crippen LogP contribution is 2.35. The van der Waals surface area contributed by atoms with Gasteiger partial charge < -0.3 is 5.11 Å². The van der Waals surface area contributed by atoms with Crippen LogP contribution in [0.1, 0.15) is 16.7 Å². The van der Waals surface area contributed by atoms with Crippen molar-refractivity contribution in [3.05, 3.63) is 74.3 Å². The van der Waals surface area contributed by atoms with Crippen molar-refractivity contribution in [3.8, 4) is 0 Å². The first-order chi connectivity index (χ1) is 11.6. The molecule has 0 aliphatic rings. The Morgan fingerprint density at radius 2 is 1.76 bits per heavy atom. The Morgan fingerprint density at radius 3 is 2.24 bits per heavy atom. The van der Waals surface area contributed by atoms with E-state index in [1.807, 2.05) is 0 Å². The van der Waals surface area contributed by atoms with E-state index in [1.165, 1.54) is 24.3 Å². The number of nitrogens with zero attached hydrogens (tertiary/aromatic N) is 1. The summed E-state index contributed by atoms with van der Waals surface area (Å²) in [7, 11) is 0. The Bertz CT molecular complexity index is 861. The van der Waals surface area contributed by atoms with Gasteiger partial charge in [0.1, 0.15) is 0 Å². The Hall–Kier alpha value is -2.87. The molecule has 5 nitrogen and oxygen atoms in total. The van der Waals surface area contributed by atoms with E-state index < -0.39 is 39.5 Å². The molecule has 25 heavy (non-hydrogen) atoms. The minimum atomic E-state index is -4.79. The van der Waals surface area contributed by atoms with Crippen molar-refractivity contribution in [2.24, 2.45) is 0 Å². The summed E-state index contributed by atoms with van der Waals surface area (Å²) in [5.41, 5.74) is -2.75. The summed E-state index contributed by atoms with van der Waals surface area (Å²) in [6, 6.07) is 7.59. The molecule has 0 fully saturated rings. The number of halogens is 4. The number of alkyl halides is 3. The van der Waals surface area contributed by atoms with Crippen molar-refractivity contribution < 1.29 is 28.0 Å². The number of benzene rings is 2. The van der Waals surface area contributed by atoms with Crippen LogP contribution in [-0.2, 0) is 11.0 Å². The van der Waals surface area contributed by atoms with Gasteiger partial charge in [-0.1, -0.05) is 23.7 Å². The lowest BCUT2D eigenvalue weighted by Crippen LogP contribution is -2.08. The fraction of sp³-hybridized carbons (Fsp3) is 0.0625. The number of rotatable bonds is 4. The molecule has 0 bridgehead atoms. The van der Waals surface area contributed by atoms with Crippen LogP contribution >= 0.6 is 11.6 Å². The summed E-state index contributed by atoms with van der Waals surface area (Å²) in [5, 5.41) is 20.9. The molecule has 0 heterocycles. The van der Waals surface area contributed by atoms with E-state index in [-0.39, 0.29) is 0 Å². The Kier molecular flexibility index (Phi) is 5.13. The molecule has 0 aliphatic heterocycles. The highest BCUT2D eigenvalue weighted by Gasteiger charge is 2.34. The molecule has 9 heteroatoms. The number of carbonyl (C=O) groups is 1. The maximum atomic E-state index is 12.7. The zero-order valence-electron chi connectivity index (χ0n) is 12.2. The third kappa shape index (κ3) is 4.36. The van der Waals surface area contributed by atoms with Crippen LogP contribution in [0.4, 0.5) is 18.9 Å². The first-order valence-electron chi connectivity index (χ1n) is 6.66. The lowest BCUT2D eigenvalue weighted by molar-refractivity contribution is -0.385. The summed E-state index contributed by atoms with van der Waals surface area (Å²) in [4.78, 5) is 21.6. The van der Waals surface area contributed by atoms with Crippen molar-refractivity contribution in [1.82, 2.24) is 0 Å². The molecular formula is C16H9ClF3NO4. The van der Waals surface area contributed by atoms with Gasteiger partial charge in [-0.2, -0.15) is 13.2 Å².